The number of alkyl halides is 3. The van der Waals surface area contributed by atoms with Crippen LogP contribution < -0.4 is 10.0 Å². The lowest BCUT2D eigenvalue weighted by Gasteiger charge is -2.25. The van der Waals surface area contributed by atoms with E-state index in [0.29, 0.717) is 6.92 Å². The molecule has 0 saturated heterocycles. The fraction of sp³-hybridized carbons (Fsp3) is 0.235. The van der Waals surface area contributed by atoms with Crippen LogP contribution in [0.25, 0.3) is 0 Å². The Kier molecular flexibility index (Phi) is 6.39. The maximum Gasteiger partial charge on any atom is 0.426 e. The molecule has 0 unspecified atom stereocenters. The van der Waals surface area contributed by atoms with Crippen molar-refractivity contribution < 1.29 is 31.5 Å². The van der Waals surface area contributed by atoms with Gasteiger partial charge < -0.3 is 10.4 Å². The minimum absolute atomic E-state index is 0.0216. The van der Waals surface area contributed by atoms with E-state index in [1.54, 1.807) is 30.3 Å². The average molecular weight is 437 g/mol. The van der Waals surface area contributed by atoms with Gasteiger partial charge in [-0.3, -0.25) is 4.79 Å². The molecule has 1 atom stereocenters. The van der Waals surface area contributed by atoms with E-state index in [0.717, 1.165) is 23.8 Å². The van der Waals surface area contributed by atoms with Crippen LogP contribution in [0.1, 0.15) is 12.5 Å². The van der Waals surface area contributed by atoms with Gasteiger partial charge in [-0.1, -0.05) is 41.9 Å². The van der Waals surface area contributed by atoms with Gasteiger partial charge in [0.2, 0.25) is 15.6 Å². The standard InChI is InChI=1S/C17H16ClF3N2O4S/c1-16(25,17(19,20)21)15(24)23-14-8-7-12(9-13(14)18)28(26,27)22-10-11-5-3-2-4-6-11/h2-9,22,25H,10H2,1H3,(H,23,24)/t16-/m1/s1. The minimum Gasteiger partial charge on any atom is -0.373 e. The van der Waals surface area contributed by atoms with Gasteiger partial charge >= 0.3 is 6.18 Å². The molecule has 0 saturated carbocycles. The summed E-state index contributed by atoms with van der Waals surface area (Å²) in [4.78, 5) is 11.5. The Morgan fingerprint density at radius 1 is 1.14 bits per heavy atom. The number of halogens is 4. The molecule has 152 valence electrons. The van der Waals surface area contributed by atoms with Gasteiger partial charge in [-0.25, -0.2) is 13.1 Å². The zero-order valence-corrected chi connectivity index (χ0v) is 16.0. The quantitative estimate of drug-likeness (QED) is 0.648. The molecular formula is C17H16ClF3N2O4S. The third-order valence-corrected chi connectivity index (χ3v) is 5.51. The lowest BCUT2D eigenvalue weighted by molar-refractivity contribution is -0.242. The molecule has 2 rings (SSSR count). The van der Waals surface area contributed by atoms with E-state index >= 15 is 0 Å². The number of amides is 1. The van der Waals surface area contributed by atoms with E-state index in [-0.39, 0.29) is 22.2 Å². The van der Waals surface area contributed by atoms with Crippen molar-refractivity contribution in [1.82, 2.24) is 4.72 Å². The second-order valence-corrected chi connectivity index (χ2v) is 8.15. The molecule has 0 radical (unpaired) electrons. The van der Waals surface area contributed by atoms with E-state index in [2.05, 4.69) is 4.72 Å². The molecule has 3 N–H and O–H groups in total. The highest BCUT2D eigenvalue weighted by Gasteiger charge is 2.55. The smallest absolute Gasteiger partial charge is 0.373 e. The summed E-state index contributed by atoms with van der Waals surface area (Å²) in [6.07, 6.45) is -5.20. The van der Waals surface area contributed by atoms with Crippen LogP contribution >= 0.6 is 11.6 Å². The van der Waals surface area contributed by atoms with Crippen LogP contribution in [0.2, 0.25) is 5.02 Å². The first-order valence-electron chi connectivity index (χ1n) is 7.78. The Labute approximate surface area is 164 Å². The third kappa shape index (κ3) is 5.02. The first kappa shape index (κ1) is 22.2. The van der Waals surface area contributed by atoms with Gasteiger partial charge in [0, 0.05) is 6.54 Å². The van der Waals surface area contributed by atoms with Gasteiger partial charge in [0.25, 0.3) is 5.91 Å². The largest absolute Gasteiger partial charge is 0.426 e. The summed E-state index contributed by atoms with van der Waals surface area (Å²) >= 11 is 5.89. The van der Waals surface area contributed by atoms with Gasteiger partial charge in [-0.15, -0.1) is 0 Å². The molecule has 1 amide bonds. The Bertz CT molecular complexity index is 964. The maximum absolute atomic E-state index is 12.7. The average Bonchev–Trinajstić information content (AvgIpc) is 2.61. The van der Waals surface area contributed by atoms with Gasteiger partial charge in [0.1, 0.15) is 0 Å². The van der Waals surface area contributed by atoms with Crippen LogP contribution in [0, 0.1) is 0 Å². The first-order chi connectivity index (χ1) is 12.8. The number of carbonyl (C=O) groups is 1. The van der Waals surface area contributed by atoms with Crippen molar-refractivity contribution in [1.29, 1.82) is 0 Å². The normalized spacial score (nSPS) is 14.4. The number of nitrogens with one attached hydrogen (secondary N) is 2. The van der Waals surface area contributed by atoms with E-state index in [1.807, 2.05) is 5.32 Å². The number of benzene rings is 2. The molecule has 0 aliphatic rings. The Morgan fingerprint density at radius 3 is 2.29 bits per heavy atom. The molecule has 28 heavy (non-hydrogen) atoms. The maximum atomic E-state index is 12.7. The van der Waals surface area contributed by atoms with Crippen LogP contribution in [0.5, 0.6) is 0 Å². The molecule has 6 nitrogen and oxygen atoms in total. The van der Waals surface area contributed by atoms with E-state index in [9.17, 15) is 31.5 Å². The molecule has 0 aliphatic carbocycles. The van der Waals surface area contributed by atoms with Crippen LogP contribution in [0.15, 0.2) is 53.4 Å². The van der Waals surface area contributed by atoms with Gasteiger partial charge in [0.15, 0.2) is 0 Å². The van der Waals surface area contributed by atoms with Crippen LogP contribution in [-0.4, -0.2) is 31.2 Å². The number of hydrogen-bond donors (Lipinski definition) is 3. The summed E-state index contributed by atoms with van der Waals surface area (Å²) in [5.74, 6) is -1.75. The Balaban J connectivity index is 2.16. The fourth-order valence-electron chi connectivity index (χ4n) is 1.99. The molecular weight excluding hydrogens is 421 g/mol. The van der Waals surface area contributed by atoms with Crippen LogP contribution in [0.3, 0.4) is 0 Å². The zero-order valence-electron chi connectivity index (χ0n) is 14.4. The van der Waals surface area contributed by atoms with Crippen molar-refractivity contribution in [3.63, 3.8) is 0 Å². The SMILES string of the molecule is C[C@@](O)(C(=O)Nc1ccc(S(=O)(=O)NCc2ccccc2)cc1Cl)C(F)(F)F. The lowest BCUT2D eigenvalue weighted by Crippen LogP contribution is -2.52. The molecule has 0 bridgehead atoms. The number of rotatable bonds is 6. The van der Waals surface area contributed by atoms with Crippen molar-refractivity contribution in [3.8, 4) is 0 Å². The Morgan fingerprint density at radius 2 is 1.75 bits per heavy atom. The molecule has 0 heterocycles. The first-order valence-corrected chi connectivity index (χ1v) is 9.64. The predicted octanol–water partition coefficient (Wildman–Crippen LogP) is 3.07. The summed E-state index contributed by atoms with van der Waals surface area (Å²) in [5, 5.41) is 10.9. The summed E-state index contributed by atoms with van der Waals surface area (Å²) in [6.45, 7) is 0.316. The summed E-state index contributed by atoms with van der Waals surface area (Å²) in [7, 11) is -3.95. The summed E-state index contributed by atoms with van der Waals surface area (Å²) in [5.41, 5.74) is -3.20. The molecule has 0 spiro atoms. The molecule has 2 aromatic carbocycles. The van der Waals surface area contributed by atoms with Crippen LogP contribution in [0.4, 0.5) is 18.9 Å². The van der Waals surface area contributed by atoms with Crippen molar-refractivity contribution in [2.45, 2.75) is 30.1 Å². The Hall–Kier alpha value is -2.14. The number of sulfonamides is 1. The molecule has 0 aromatic heterocycles. The topological polar surface area (TPSA) is 95.5 Å². The third-order valence-electron chi connectivity index (χ3n) is 3.80. The van der Waals surface area contributed by atoms with Gasteiger partial charge in [-0.2, -0.15) is 13.2 Å². The number of anilines is 1. The van der Waals surface area contributed by atoms with Crippen molar-refractivity contribution in [2.24, 2.45) is 0 Å². The highest BCUT2D eigenvalue weighted by molar-refractivity contribution is 7.89. The van der Waals surface area contributed by atoms with Crippen molar-refractivity contribution >= 4 is 33.2 Å². The molecule has 0 fully saturated rings. The highest BCUT2D eigenvalue weighted by Crippen LogP contribution is 2.32. The number of aliphatic hydroxyl groups is 1. The van der Waals surface area contributed by atoms with E-state index in [1.165, 1.54) is 0 Å². The molecule has 0 aliphatic heterocycles. The van der Waals surface area contributed by atoms with Crippen LogP contribution in [-0.2, 0) is 21.4 Å². The monoisotopic (exact) mass is 436 g/mol. The second-order valence-electron chi connectivity index (χ2n) is 5.98. The van der Waals surface area contributed by atoms with E-state index < -0.39 is 27.7 Å². The number of carbonyl (C=O) groups excluding carboxylic acids is 1. The highest BCUT2D eigenvalue weighted by atomic mass is 35.5. The lowest BCUT2D eigenvalue weighted by atomic mass is 10.1. The number of hydrogen-bond acceptors (Lipinski definition) is 4. The van der Waals surface area contributed by atoms with Crippen molar-refractivity contribution in [3.05, 3.63) is 59.1 Å². The summed E-state index contributed by atoms with van der Waals surface area (Å²) in [6, 6.07) is 11.8. The molecule has 11 heteroatoms. The molecule has 2 aromatic rings. The zero-order chi connectivity index (χ0) is 21.2. The summed E-state index contributed by atoms with van der Waals surface area (Å²) < 4.78 is 65.1. The second kappa shape index (κ2) is 8.08. The minimum atomic E-state index is -5.20. The van der Waals surface area contributed by atoms with Crippen molar-refractivity contribution in [2.75, 3.05) is 5.32 Å². The predicted molar refractivity (Wildman–Crippen MR) is 97.2 cm³/mol. The van der Waals surface area contributed by atoms with Gasteiger partial charge in [0.05, 0.1) is 15.6 Å². The van der Waals surface area contributed by atoms with E-state index in [4.69, 9.17) is 11.6 Å². The van der Waals surface area contributed by atoms with Gasteiger partial charge in [-0.05, 0) is 30.7 Å². The fourth-order valence-corrected chi connectivity index (χ4v) is 3.33.